The number of hydrogen-bond donors (Lipinski definition) is 1. The molecule has 0 fully saturated rings. The number of thiazole rings is 1. The van der Waals surface area contributed by atoms with Crippen LogP contribution in [0.25, 0.3) is 16.5 Å². The van der Waals surface area contributed by atoms with Crippen LogP contribution in [0, 0.1) is 0 Å². The van der Waals surface area contributed by atoms with Crippen molar-refractivity contribution in [3.8, 4) is 16.6 Å². The Balaban J connectivity index is 1.55. The monoisotopic (exact) mass is 395 g/mol. The number of anilines is 1. The number of pyridine rings is 2. The number of hydrogen-bond acceptors (Lipinski definition) is 8. The van der Waals surface area contributed by atoms with Crippen molar-refractivity contribution in [1.82, 2.24) is 29.5 Å². The van der Waals surface area contributed by atoms with Crippen LogP contribution in [0.2, 0.25) is 0 Å². The highest BCUT2D eigenvalue weighted by Gasteiger charge is 2.17. The number of carbonyl (C=O) groups excluding carboxylic acids is 1. The van der Waals surface area contributed by atoms with E-state index in [0.717, 1.165) is 5.56 Å². The molecule has 4 aromatic heterocycles. The van der Waals surface area contributed by atoms with Crippen LogP contribution in [0.15, 0.2) is 48.2 Å². The third-order valence-electron chi connectivity index (χ3n) is 4.03. The van der Waals surface area contributed by atoms with Crippen LogP contribution in [0.3, 0.4) is 0 Å². The van der Waals surface area contributed by atoms with E-state index >= 15 is 0 Å². The molecular weight excluding hydrogens is 378 g/mol. The normalized spacial score (nSPS) is 10.9. The minimum atomic E-state index is -0.470. The van der Waals surface area contributed by atoms with Crippen LogP contribution < -0.4 is 10.5 Å². The molecule has 10 heteroatoms. The summed E-state index contributed by atoms with van der Waals surface area (Å²) in [6.07, 6.45) is 4.59. The fourth-order valence-electron chi connectivity index (χ4n) is 2.65. The second-order valence-electron chi connectivity index (χ2n) is 5.90. The van der Waals surface area contributed by atoms with E-state index in [2.05, 4.69) is 20.1 Å². The topological polar surface area (TPSA) is 112 Å². The fourth-order valence-corrected chi connectivity index (χ4v) is 3.21. The maximum absolute atomic E-state index is 12.6. The van der Waals surface area contributed by atoms with Crippen molar-refractivity contribution < 1.29 is 9.53 Å². The molecule has 9 nitrogen and oxygen atoms in total. The van der Waals surface area contributed by atoms with Gasteiger partial charge in [-0.2, -0.15) is 4.52 Å². The summed E-state index contributed by atoms with van der Waals surface area (Å²) in [6.45, 7) is 2.81. The fraction of sp³-hybridized carbons (Fsp3) is 0.167. The van der Waals surface area contributed by atoms with E-state index in [4.69, 9.17) is 10.5 Å². The first-order valence-corrected chi connectivity index (χ1v) is 9.44. The number of carbonyl (C=O) groups is 1. The Bertz CT molecular complexity index is 1100. The zero-order valence-corrected chi connectivity index (χ0v) is 15.8. The number of nitrogens with zero attached hydrogens (tertiary/aromatic N) is 6. The standard InChI is InChI=1S/C18H17N7O2S/c1-2-24(11-12-3-5-20-6-4-12)18(26)27-13-9-14(19)25-15(10-13)22-16(23-25)17-21-7-8-28-17/h3-10H,2,11,19H2,1H3. The third-order valence-corrected chi connectivity index (χ3v) is 4.80. The number of amides is 1. The Morgan fingerprint density at radius 1 is 1.29 bits per heavy atom. The van der Waals surface area contributed by atoms with E-state index in [0.29, 0.717) is 41.1 Å². The summed E-state index contributed by atoms with van der Waals surface area (Å²) in [5.74, 6) is 1.09. The molecule has 4 aromatic rings. The maximum Gasteiger partial charge on any atom is 0.415 e. The third kappa shape index (κ3) is 3.62. The van der Waals surface area contributed by atoms with Gasteiger partial charge in [0.1, 0.15) is 11.6 Å². The lowest BCUT2D eigenvalue weighted by Gasteiger charge is -2.20. The van der Waals surface area contributed by atoms with Crippen LogP contribution in [0.4, 0.5) is 10.6 Å². The summed E-state index contributed by atoms with van der Waals surface area (Å²) < 4.78 is 7.01. The van der Waals surface area contributed by atoms with Gasteiger partial charge < -0.3 is 15.4 Å². The molecule has 28 heavy (non-hydrogen) atoms. The Morgan fingerprint density at radius 2 is 2.11 bits per heavy atom. The molecular formula is C18H17N7O2S. The van der Waals surface area contributed by atoms with Gasteiger partial charge in [0.05, 0.1) is 0 Å². The Kier molecular flexibility index (Phi) is 4.85. The van der Waals surface area contributed by atoms with Gasteiger partial charge in [-0.3, -0.25) is 4.98 Å². The molecule has 1 amide bonds. The van der Waals surface area contributed by atoms with Crippen LogP contribution in [-0.4, -0.2) is 42.1 Å². The van der Waals surface area contributed by atoms with E-state index in [1.54, 1.807) is 35.6 Å². The molecule has 0 unspecified atom stereocenters. The first-order valence-electron chi connectivity index (χ1n) is 8.56. The smallest absolute Gasteiger partial charge is 0.410 e. The molecule has 0 radical (unpaired) electrons. The van der Waals surface area contributed by atoms with Gasteiger partial charge >= 0.3 is 6.09 Å². The number of aromatic nitrogens is 5. The molecule has 0 saturated carbocycles. The average molecular weight is 395 g/mol. The number of nitrogen functional groups attached to an aromatic ring is 1. The molecule has 0 bridgehead atoms. The first-order chi connectivity index (χ1) is 13.6. The lowest BCUT2D eigenvalue weighted by atomic mass is 10.2. The van der Waals surface area contributed by atoms with Crippen LogP contribution in [0.1, 0.15) is 12.5 Å². The zero-order chi connectivity index (χ0) is 19.5. The summed E-state index contributed by atoms with van der Waals surface area (Å²) in [5, 5.41) is 6.89. The Morgan fingerprint density at radius 3 is 2.82 bits per heavy atom. The van der Waals surface area contributed by atoms with Crippen molar-refractivity contribution in [2.45, 2.75) is 13.5 Å². The minimum Gasteiger partial charge on any atom is -0.410 e. The van der Waals surface area contributed by atoms with E-state index in [-0.39, 0.29) is 0 Å². The van der Waals surface area contributed by atoms with E-state index in [9.17, 15) is 4.79 Å². The molecule has 142 valence electrons. The number of nitrogens with two attached hydrogens (primary N) is 1. The van der Waals surface area contributed by atoms with Gasteiger partial charge in [0.2, 0.25) is 5.82 Å². The molecule has 4 rings (SSSR count). The average Bonchev–Trinajstić information content (AvgIpc) is 3.36. The SMILES string of the molecule is CCN(Cc1ccncc1)C(=O)Oc1cc(N)n2nc(-c3nccs3)nc2c1. The summed E-state index contributed by atoms with van der Waals surface area (Å²) in [7, 11) is 0. The van der Waals surface area contributed by atoms with Crippen LogP contribution in [0.5, 0.6) is 5.75 Å². The highest BCUT2D eigenvalue weighted by atomic mass is 32.1. The van der Waals surface area contributed by atoms with Crippen molar-refractivity contribution in [2.24, 2.45) is 0 Å². The molecule has 2 N–H and O–H groups in total. The zero-order valence-electron chi connectivity index (χ0n) is 15.0. The highest BCUT2D eigenvalue weighted by Crippen LogP contribution is 2.24. The molecule has 0 aliphatic heterocycles. The molecule has 0 spiro atoms. The molecule has 0 atom stereocenters. The van der Waals surface area contributed by atoms with Gasteiger partial charge in [-0.1, -0.05) is 0 Å². The predicted octanol–water partition coefficient (Wildman–Crippen LogP) is 2.85. The summed E-state index contributed by atoms with van der Waals surface area (Å²) >= 11 is 1.43. The Hall–Kier alpha value is -3.53. The number of fused-ring (bicyclic) bond motifs is 1. The van der Waals surface area contributed by atoms with Gasteiger partial charge in [0.15, 0.2) is 10.7 Å². The molecule has 0 aliphatic carbocycles. The van der Waals surface area contributed by atoms with Gasteiger partial charge in [0, 0.05) is 49.2 Å². The minimum absolute atomic E-state index is 0.307. The number of rotatable bonds is 5. The first kappa shape index (κ1) is 17.9. The van der Waals surface area contributed by atoms with E-state index < -0.39 is 6.09 Å². The van der Waals surface area contributed by atoms with Crippen molar-refractivity contribution in [1.29, 1.82) is 0 Å². The lowest BCUT2D eigenvalue weighted by Crippen LogP contribution is -2.32. The summed E-state index contributed by atoms with van der Waals surface area (Å²) in [4.78, 5) is 26.8. The summed E-state index contributed by atoms with van der Waals surface area (Å²) in [6, 6.07) is 6.89. The van der Waals surface area contributed by atoms with Crippen molar-refractivity contribution in [3.63, 3.8) is 0 Å². The van der Waals surface area contributed by atoms with Crippen LogP contribution >= 0.6 is 11.3 Å². The van der Waals surface area contributed by atoms with Crippen molar-refractivity contribution >= 4 is 28.9 Å². The quantitative estimate of drug-likeness (QED) is 0.553. The van der Waals surface area contributed by atoms with Crippen molar-refractivity contribution in [3.05, 3.63) is 53.8 Å². The Labute approximate surface area is 164 Å². The van der Waals surface area contributed by atoms with Gasteiger partial charge in [-0.05, 0) is 24.6 Å². The maximum atomic E-state index is 12.6. The molecule has 0 saturated heterocycles. The summed E-state index contributed by atoms with van der Waals surface area (Å²) in [5.41, 5.74) is 7.51. The number of ether oxygens (including phenoxy) is 1. The second-order valence-corrected chi connectivity index (χ2v) is 6.79. The molecule has 4 heterocycles. The highest BCUT2D eigenvalue weighted by molar-refractivity contribution is 7.13. The van der Waals surface area contributed by atoms with Crippen molar-refractivity contribution in [2.75, 3.05) is 12.3 Å². The van der Waals surface area contributed by atoms with Gasteiger partial charge in [-0.15, -0.1) is 16.4 Å². The largest absolute Gasteiger partial charge is 0.415 e. The second kappa shape index (κ2) is 7.61. The van der Waals surface area contributed by atoms with E-state index in [1.807, 2.05) is 24.4 Å². The molecule has 0 aliphatic rings. The van der Waals surface area contributed by atoms with Gasteiger partial charge in [-0.25, -0.2) is 14.8 Å². The molecule has 0 aromatic carbocycles. The van der Waals surface area contributed by atoms with Gasteiger partial charge in [0.25, 0.3) is 0 Å². The predicted molar refractivity (Wildman–Crippen MR) is 105 cm³/mol. The van der Waals surface area contributed by atoms with E-state index in [1.165, 1.54) is 15.9 Å². The van der Waals surface area contributed by atoms with Crippen LogP contribution in [-0.2, 0) is 6.54 Å². The lowest BCUT2D eigenvalue weighted by molar-refractivity contribution is 0.152.